The number of benzene rings is 21. The fourth-order valence-electron chi connectivity index (χ4n) is 20.7. The molecule has 145 heavy (non-hydrogen) atoms. The van der Waals surface area contributed by atoms with E-state index in [2.05, 4.69) is 396 Å². The van der Waals surface area contributed by atoms with Gasteiger partial charge in [-0.2, -0.15) is 0 Å². The Morgan fingerprint density at radius 3 is 1.20 bits per heavy atom. The van der Waals surface area contributed by atoms with Gasteiger partial charge in [0.1, 0.15) is 28.7 Å². The molecular weight excluding hydrogens is 1880 g/mol. The summed E-state index contributed by atoms with van der Waals surface area (Å²) in [5, 5.41) is 40.8. The van der Waals surface area contributed by atoms with Crippen LogP contribution in [0.4, 0.5) is 0 Å². The Balaban J connectivity index is 0.0000000991. The molecule has 6 aromatic heterocycles. The summed E-state index contributed by atoms with van der Waals surface area (Å²) >= 11 is 5.23. The number of aromatic nitrogens is 6. The van der Waals surface area contributed by atoms with Crippen LogP contribution >= 0.6 is 0 Å². The Hall–Kier alpha value is -16.3. The molecule has 21 aromatic carbocycles. The molecule has 0 saturated heterocycles. The minimum atomic E-state index is 0. The van der Waals surface area contributed by atoms with Gasteiger partial charge in [-0.25, -0.2) is 9.46 Å². The molecule has 0 amide bonds. The standard InChI is InChI=1S/3C23H15NO.C20H15NO.C19H12BNO.C19H13NO.3Al.Be.Ga.4H/c25-21-12-11-19(20-10-5-13-24-23(20)21)22-17-8-3-1-6-15(17)14-16-7-2-4-9-18(16)22;2*25-21-13-12-19(18-9-3-6-15-5-1-2-8-17(15)18)20-11-10-16-7-4-14-24-23(16)22(20)21;1-13-11-12-21-20-18(22)10-9-17(19(13)20)16-8-4-6-14-5-2-3-7-15(14)16;1-2-7-14-13(5-1)6-3-8-15(14)16-10-11-18-19-17(16)9-4-12-21(19)20-22-18;21-18-11-10-16(17-9-4-12-20-19(17)18)15-8-3-6-13-5-1-2-7-14(13)15;;;;;;;;;/h3*1-14,25H;2-12,22H,1H3;1-12H;1-12,21H;;;;;;;;;/q;;;;+1;;3*+1;+2;+1;;;;/p-4. The van der Waals surface area contributed by atoms with Gasteiger partial charge < -0.3 is 21.1 Å². The van der Waals surface area contributed by atoms with Crippen LogP contribution in [0.15, 0.2) is 468 Å². The third-order valence-corrected chi connectivity index (χ3v) is 28.9. The monoisotopic (exact) mass is 1960 g/mol. The first-order valence-electron chi connectivity index (χ1n) is 47.6. The van der Waals surface area contributed by atoms with Crippen molar-refractivity contribution in [1.82, 2.24) is 19.9 Å². The van der Waals surface area contributed by atoms with E-state index in [0.29, 0.717) is 0 Å². The molecule has 0 unspecified atom stereocenters. The molecule has 0 aliphatic carbocycles. The first-order valence-corrected chi connectivity index (χ1v) is 50.5. The van der Waals surface area contributed by atoms with Crippen LogP contribution in [0.2, 0.25) is 0 Å². The second-order valence-electron chi connectivity index (χ2n) is 35.3. The summed E-state index contributed by atoms with van der Waals surface area (Å²) in [5.74, 6) is 4.33. The largest absolute Gasteiger partial charge is 0.872 e. The number of H-pyrrole nitrogens is 1. The Morgan fingerprint density at radius 2 is 0.662 bits per heavy atom. The summed E-state index contributed by atoms with van der Waals surface area (Å²) in [4.78, 5) is 21.5. The molecule has 0 fully saturated rings. The Kier molecular flexibility index (Phi) is 26.9. The number of pyridine rings is 6. The molecule has 673 valence electrons. The van der Waals surface area contributed by atoms with Crippen molar-refractivity contribution in [3.63, 3.8) is 0 Å². The fourth-order valence-corrected chi connectivity index (χ4v) is 21.9. The van der Waals surface area contributed by atoms with Crippen LogP contribution in [-0.4, -0.2) is 107 Å². The molecular formula is C127H85Al3BBeGaN6O6+3. The zero-order valence-electron chi connectivity index (χ0n) is 79.3. The SMILES string of the molecule is Cc1ccnc2c([O][AlH])ccc(-c3cccc4ccccc34)c12.[AlH][O]c1ccc(-c2c3ccccc3cc3ccccc23)c2cccnc12.[AlH][O]c1ccc(-c2cccc3ccccc23)c2ccc3cccnc3c12.[B]1Oc2ccc(-c3cccc4ccccc34)c3ccc[n+]1c23.[Be+2].[GaH][O]c1ccc(-c2cccc3ccccc23)c2cccnc12.[O-]c1ccc(-c2cccc3ccccc23)c2ccc3ccc[nH+]c3c12. The molecule has 1 aliphatic rings. The number of hydrogen-bond acceptors (Lipinski definition) is 10. The van der Waals surface area contributed by atoms with Gasteiger partial charge in [-0.3, -0.25) is 15.0 Å². The van der Waals surface area contributed by atoms with Gasteiger partial charge in [0.15, 0.2) is 11.9 Å². The van der Waals surface area contributed by atoms with Crippen molar-refractivity contribution in [2.75, 3.05) is 0 Å². The van der Waals surface area contributed by atoms with E-state index in [-0.39, 0.29) is 15.9 Å². The van der Waals surface area contributed by atoms with E-state index in [0.717, 1.165) is 140 Å². The van der Waals surface area contributed by atoms with E-state index in [1.54, 1.807) is 13.7 Å². The summed E-state index contributed by atoms with van der Waals surface area (Å²) in [7, 11) is 1.75. The van der Waals surface area contributed by atoms with Crippen LogP contribution in [-0.2, 0) is 0 Å². The molecule has 0 spiro atoms. The second-order valence-corrected chi connectivity index (χ2v) is 36.8. The summed E-state index contributed by atoms with van der Waals surface area (Å²) in [6.45, 7) is 2.13. The second kappa shape index (κ2) is 41.7. The van der Waals surface area contributed by atoms with Crippen molar-refractivity contribution < 1.29 is 34.1 Å². The summed E-state index contributed by atoms with van der Waals surface area (Å²) in [6.07, 6.45) is 11.2. The predicted molar refractivity (Wildman–Crippen MR) is 605 cm³/mol. The zero-order valence-corrected chi connectivity index (χ0v) is 86.5. The summed E-state index contributed by atoms with van der Waals surface area (Å²) < 4.78 is 30.0. The van der Waals surface area contributed by atoms with E-state index in [1.165, 1.54) is 192 Å². The Morgan fingerprint density at radius 1 is 0.290 bits per heavy atom. The van der Waals surface area contributed by atoms with Crippen molar-refractivity contribution in [3.05, 3.63) is 473 Å². The maximum absolute atomic E-state index is 12.6. The van der Waals surface area contributed by atoms with E-state index < -0.39 is 0 Å². The predicted octanol–water partition coefficient (Wildman–Crippen LogP) is 27.7. The maximum atomic E-state index is 12.6. The molecule has 0 atom stereocenters. The first kappa shape index (κ1) is 93.6. The van der Waals surface area contributed by atoms with Crippen LogP contribution in [0.1, 0.15) is 5.56 Å². The number of rotatable bonds is 10. The minimum Gasteiger partial charge on any atom is -0.872 e. The van der Waals surface area contributed by atoms with E-state index in [9.17, 15) is 5.11 Å². The molecule has 0 bridgehead atoms. The molecule has 12 nitrogen and oxygen atoms in total. The Bertz CT molecular complexity index is 9640. The number of aromatic amines is 1. The van der Waals surface area contributed by atoms with Crippen molar-refractivity contribution in [3.8, 4) is 101 Å². The minimum absolute atomic E-state index is 0. The average Bonchev–Trinajstić information content (AvgIpc) is 1.49. The number of nitrogens with zero attached hydrogens (tertiary/aromatic N) is 5. The molecule has 0 saturated carbocycles. The fraction of sp³-hybridized carbons (Fsp3) is 0.00787. The number of aryl methyl sites for hydroxylation is 1. The van der Waals surface area contributed by atoms with E-state index in [1.807, 2.05) is 102 Å². The van der Waals surface area contributed by atoms with Crippen LogP contribution < -0.4 is 34.1 Å². The summed E-state index contributed by atoms with van der Waals surface area (Å²) in [6, 6.07) is 149. The molecule has 18 heteroatoms. The van der Waals surface area contributed by atoms with Gasteiger partial charge in [0.2, 0.25) is 11.0 Å². The topological polar surface area (TPSA) is 139 Å². The number of nitrogens with one attached hydrogen (secondary N) is 1. The average molecular weight is 1960 g/mol. The molecule has 5 radical (unpaired) electrons. The van der Waals surface area contributed by atoms with Crippen LogP contribution in [0.3, 0.4) is 0 Å². The van der Waals surface area contributed by atoms with Gasteiger partial charge in [-0.1, -0.05) is 285 Å². The van der Waals surface area contributed by atoms with Crippen molar-refractivity contribution in [1.29, 1.82) is 0 Å². The van der Waals surface area contributed by atoms with Gasteiger partial charge in [0.05, 0.1) is 16.7 Å². The zero-order chi connectivity index (χ0) is 97.1. The van der Waals surface area contributed by atoms with Crippen LogP contribution in [0.25, 0.3) is 229 Å². The number of fused-ring (bicyclic) bond motifs is 16. The van der Waals surface area contributed by atoms with Crippen molar-refractivity contribution >= 4 is 249 Å². The quantitative estimate of drug-likeness (QED) is 0.0739. The van der Waals surface area contributed by atoms with Crippen LogP contribution in [0, 0.1) is 6.92 Å². The smallest absolute Gasteiger partial charge is 0.218 e. The maximum Gasteiger partial charge on any atom is 0.218 e. The Labute approximate surface area is 877 Å². The van der Waals surface area contributed by atoms with Gasteiger partial charge >= 0.3 is 207 Å². The van der Waals surface area contributed by atoms with Crippen molar-refractivity contribution in [2.24, 2.45) is 0 Å². The van der Waals surface area contributed by atoms with Gasteiger partial charge in [-0.15, -0.1) is 0 Å². The van der Waals surface area contributed by atoms with Crippen LogP contribution in [0.5, 0.6) is 34.5 Å². The molecule has 1 N–H and O–H groups in total. The molecule has 1 aliphatic heterocycles. The third-order valence-electron chi connectivity index (χ3n) is 27.3. The van der Waals surface area contributed by atoms with Crippen molar-refractivity contribution in [2.45, 2.75) is 6.92 Å². The van der Waals surface area contributed by atoms with Gasteiger partial charge in [0, 0.05) is 63.0 Å². The molecule has 27 aromatic rings. The van der Waals surface area contributed by atoms with Gasteiger partial charge in [-0.05, 0) is 216 Å². The number of hydrogen-bond donors (Lipinski definition) is 0. The van der Waals surface area contributed by atoms with E-state index >= 15 is 0 Å². The molecule has 7 heterocycles. The normalized spacial score (nSPS) is 11.3. The van der Waals surface area contributed by atoms with E-state index in [4.69, 9.17) is 19.5 Å². The third kappa shape index (κ3) is 17.9. The van der Waals surface area contributed by atoms with Gasteiger partial charge in [0.25, 0.3) is 0 Å². The molecule has 28 rings (SSSR count). The summed E-state index contributed by atoms with van der Waals surface area (Å²) in [5.41, 5.74) is 21.4. The first-order chi connectivity index (χ1) is 71.1.